The Bertz CT molecular complexity index is 1090. The predicted octanol–water partition coefficient (Wildman–Crippen LogP) is 3.74. The largest absolute Gasteiger partial charge is 0.449 e. The van der Waals surface area contributed by atoms with Crippen LogP contribution in [0.3, 0.4) is 0 Å². The lowest BCUT2D eigenvalue weighted by atomic mass is 10.2. The van der Waals surface area contributed by atoms with Gasteiger partial charge in [-0.05, 0) is 30.3 Å². The Morgan fingerprint density at radius 1 is 1.21 bits per heavy atom. The number of halogens is 1. The summed E-state index contributed by atoms with van der Waals surface area (Å²) in [6, 6.07) is 10.9. The molecule has 0 saturated heterocycles. The number of non-ortho nitro benzene ring substituents is 1. The second kappa shape index (κ2) is 9.48. The van der Waals surface area contributed by atoms with Crippen molar-refractivity contribution in [3.63, 3.8) is 0 Å². The van der Waals surface area contributed by atoms with Crippen LogP contribution in [-0.2, 0) is 4.74 Å². The zero-order chi connectivity index (χ0) is 20.6. The van der Waals surface area contributed by atoms with Gasteiger partial charge in [-0.1, -0.05) is 29.7 Å². The van der Waals surface area contributed by atoms with Crippen LogP contribution < -0.4 is 0 Å². The third-order valence-corrected chi connectivity index (χ3v) is 4.16. The van der Waals surface area contributed by atoms with E-state index in [9.17, 15) is 19.3 Å². The van der Waals surface area contributed by atoms with Crippen molar-refractivity contribution in [2.24, 2.45) is 0 Å². The molecule has 1 heterocycles. The van der Waals surface area contributed by atoms with Crippen molar-refractivity contribution in [2.45, 2.75) is 5.22 Å². The topological polar surface area (TPSA) is 108 Å². The third-order valence-electron chi connectivity index (χ3n) is 3.46. The molecule has 3 aromatic rings. The van der Waals surface area contributed by atoms with E-state index in [1.165, 1.54) is 48.2 Å². The summed E-state index contributed by atoms with van der Waals surface area (Å²) in [6.45, 7) is -0.130. The Kier molecular flexibility index (Phi) is 6.55. The Labute approximate surface area is 168 Å². The molecule has 0 aliphatic rings. The highest BCUT2D eigenvalue weighted by Gasteiger charge is 2.10. The average Bonchev–Trinajstić information content (AvgIpc) is 3.19. The molecule has 0 unspecified atom stereocenters. The summed E-state index contributed by atoms with van der Waals surface area (Å²) >= 11 is 1.19. The zero-order valence-corrected chi connectivity index (χ0v) is 15.5. The third kappa shape index (κ3) is 5.63. The number of nitro benzene ring substituents is 1. The van der Waals surface area contributed by atoms with Gasteiger partial charge in [-0.15, -0.1) is 10.2 Å². The molecule has 0 aliphatic heterocycles. The molecule has 0 atom stereocenters. The summed E-state index contributed by atoms with van der Waals surface area (Å²) in [5, 5.41) is 18.6. The molecule has 0 N–H and O–H groups in total. The fourth-order valence-corrected chi connectivity index (χ4v) is 2.64. The summed E-state index contributed by atoms with van der Waals surface area (Å²) in [5.74, 6) is 4.95. The lowest BCUT2D eigenvalue weighted by molar-refractivity contribution is -0.384. The smallest absolute Gasteiger partial charge is 0.339 e. The standard InChI is InChI=1S/C19H12FN3O5S/c20-15-5-3-4-14(12-15)17-21-22-19(28-17)29-11-2-1-10-27-18(24)13-6-8-16(9-7-13)23(25)26/h3-9,12H,10-11H2. The molecule has 2 aromatic carbocycles. The van der Waals surface area contributed by atoms with E-state index in [0.29, 0.717) is 11.3 Å². The SMILES string of the molecule is O=C(OCC#CCSc1nnc(-c2cccc(F)c2)o1)c1ccc([N+](=O)[O-])cc1. The maximum atomic E-state index is 13.2. The highest BCUT2D eigenvalue weighted by atomic mass is 32.2. The lowest BCUT2D eigenvalue weighted by Crippen LogP contribution is -2.05. The molecule has 8 nitrogen and oxygen atoms in total. The van der Waals surface area contributed by atoms with E-state index >= 15 is 0 Å². The summed E-state index contributed by atoms with van der Waals surface area (Å²) < 4.78 is 23.6. The van der Waals surface area contributed by atoms with Gasteiger partial charge < -0.3 is 9.15 Å². The van der Waals surface area contributed by atoms with Crippen LogP contribution in [0.2, 0.25) is 0 Å². The highest BCUT2D eigenvalue weighted by Crippen LogP contribution is 2.23. The van der Waals surface area contributed by atoms with Crippen molar-refractivity contribution < 1.29 is 23.3 Å². The van der Waals surface area contributed by atoms with Gasteiger partial charge in [0.25, 0.3) is 10.9 Å². The Hall–Kier alpha value is -3.71. The first-order valence-electron chi connectivity index (χ1n) is 8.12. The van der Waals surface area contributed by atoms with E-state index in [1.54, 1.807) is 12.1 Å². The van der Waals surface area contributed by atoms with Gasteiger partial charge in [-0.25, -0.2) is 9.18 Å². The van der Waals surface area contributed by atoms with Crippen LogP contribution >= 0.6 is 11.8 Å². The van der Waals surface area contributed by atoms with E-state index in [1.807, 2.05) is 0 Å². The molecule has 0 amide bonds. The molecule has 29 heavy (non-hydrogen) atoms. The van der Waals surface area contributed by atoms with Crippen LogP contribution in [0.1, 0.15) is 10.4 Å². The van der Waals surface area contributed by atoms with E-state index < -0.39 is 16.7 Å². The maximum Gasteiger partial charge on any atom is 0.339 e. The number of aromatic nitrogens is 2. The molecule has 3 rings (SSSR count). The molecule has 146 valence electrons. The van der Waals surface area contributed by atoms with Gasteiger partial charge >= 0.3 is 5.97 Å². The monoisotopic (exact) mass is 413 g/mol. The molecule has 1 aromatic heterocycles. The summed E-state index contributed by atoms with van der Waals surface area (Å²) in [7, 11) is 0. The first-order valence-corrected chi connectivity index (χ1v) is 9.11. The number of benzene rings is 2. The summed E-state index contributed by atoms with van der Waals surface area (Å²) in [6.07, 6.45) is 0. The van der Waals surface area contributed by atoms with E-state index in [2.05, 4.69) is 22.0 Å². The molecule has 0 fully saturated rings. The Morgan fingerprint density at radius 2 is 2.00 bits per heavy atom. The second-order valence-corrected chi connectivity index (χ2v) is 6.33. The number of hydrogen-bond donors (Lipinski definition) is 0. The Balaban J connectivity index is 1.44. The van der Waals surface area contributed by atoms with Gasteiger partial charge in [0.2, 0.25) is 5.89 Å². The quantitative estimate of drug-likeness (QED) is 0.198. The van der Waals surface area contributed by atoms with Crippen molar-refractivity contribution in [1.29, 1.82) is 0 Å². The maximum absolute atomic E-state index is 13.2. The molecular formula is C19H12FN3O5S. The molecule has 0 radical (unpaired) electrons. The average molecular weight is 413 g/mol. The molecule has 0 spiro atoms. The van der Waals surface area contributed by atoms with Gasteiger partial charge in [0.1, 0.15) is 5.82 Å². The summed E-state index contributed by atoms with van der Waals surface area (Å²) in [4.78, 5) is 21.8. The van der Waals surface area contributed by atoms with Gasteiger partial charge in [0.05, 0.1) is 16.2 Å². The minimum atomic E-state index is -0.626. The predicted molar refractivity (Wildman–Crippen MR) is 102 cm³/mol. The summed E-state index contributed by atoms with van der Waals surface area (Å²) in [5.41, 5.74) is 0.566. The molecule has 0 aliphatic carbocycles. The number of nitrogens with zero attached hydrogens (tertiary/aromatic N) is 3. The van der Waals surface area contributed by atoms with Crippen molar-refractivity contribution in [3.05, 3.63) is 70.0 Å². The normalized spacial score (nSPS) is 10.1. The number of rotatable bonds is 6. The van der Waals surface area contributed by atoms with E-state index in [0.717, 1.165) is 0 Å². The van der Waals surface area contributed by atoms with Crippen LogP contribution in [0.25, 0.3) is 11.5 Å². The van der Waals surface area contributed by atoms with Crippen LogP contribution in [-0.4, -0.2) is 33.4 Å². The van der Waals surface area contributed by atoms with Crippen LogP contribution in [0.4, 0.5) is 10.1 Å². The van der Waals surface area contributed by atoms with Gasteiger partial charge in [0, 0.05) is 17.7 Å². The number of nitro groups is 1. The number of hydrogen-bond acceptors (Lipinski definition) is 8. The minimum absolute atomic E-state index is 0.111. The number of ether oxygens (including phenoxy) is 1. The number of esters is 1. The molecule has 0 saturated carbocycles. The number of carbonyl (C=O) groups is 1. The van der Waals surface area contributed by atoms with Gasteiger partial charge in [-0.3, -0.25) is 10.1 Å². The lowest BCUT2D eigenvalue weighted by Gasteiger charge is -2.00. The zero-order valence-electron chi connectivity index (χ0n) is 14.7. The Morgan fingerprint density at radius 3 is 2.72 bits per heavy atom. The van der Waals surface area contributed by atoms with Crippen molar-refractivity contribution >= 4 is 23.4 Å². The van der Waals surface area contributed by atoms with Gasteiger partial charge in [0.15, 0.2) is 6.61 Å². The van der Waals surface area contributed by atoms with Crippen LogP contribution in [0.5, 0.6) is 0 Å². The van der Waals surface area contributed by atoms with E-state index in [-0.39, 0.29) is 29.0 Å². The minimum Gasteiger partial charge on any atom is -0.449 e. The fourth-order valence-electron chi connectivity index (χ4n) is 2.11. The van der Waals surface area contributed by atoms with Crippen molar-refractivity contribution in [3.8, 4) is 23.3 Å². The van der Waals surface area contributed by atoms with Crippen LogP contribution in [0, 0.1) is 27.8 Å². The molecule has 0 bridgehead atoms. The van der Waals surface area contributed by atoms with Gasteiger partial charge in [-0.2, -0.15) is 0 Å². The first-order chi connectivity index (χ1) is 14.0. The van der Waals surface area contributed by atoms with Crippen molar-refractivity contribution in [2.75, 3.05) is 12.4 Å². The number of carbonyl (C=O) groups excluding carboxylic acids is 1. The highest BCUT2D eigenvalue weighted by molar-refractivity contribution is 7.99. The van der Waals surface area contributed by atoms with Crippen LogP contribution in [0.15, 0.2) is 58.2 Å². The second-order valence-electron chi connectivity index (χ2n) is 5.41. The first kappa shape index (κ1) is 20.0. The van der Waals surface area contributed by atoms with E-state index in [4.69, 9.17) is 9.15 Å². The fraction of sp³-hybridized carbons (Fsp3) is 0.105. The molecule has 10 heteroatoms. The molecular weight excluding hydrogens is 401 g/mol. The van der Waals surface area contributed by atoms with Crippen molar-refractivity contribution in [1.82, 2.24) is 10.2 Å². The number of thioether (sulfide) groups is 1.